The normalized spacial score (nSPS) is 19.4. The summed E-state index contributed by atoms with van der Waals surface area (Å²) in [5, 5.41) is 3.61. The highest BCUT2D eigenvalue weighted by atomic mass is 16.2. The Labute approximate surface area is 61.6 Å². The Morgan fingerprint density at radius 1 is 1.70 bits per heavy atom. The molecule has 1 aliphatic heterocycles. The summed E-state index contributed by atoms with van der Waals surface area (Å²) in [6.07, 6.45) is 2.26. The fourth-order valence-corrected chi connectivity index (χ4v) is 1.04. The van der Waals surface area contributed by atoms with Crippen molar-refractivity contribution in [3.63, 3.8) is 0 Å². The van der Waals surface area contributed by atoms with E-state index in [4.69, 9.17) is 0 Å². The second-order valence-electron chi connectivity index (χ2n) is 2.53. The van der Waals surface area contributed by atoms with Crippen molar-refractivity contribution in [2.45, 2.75) is 19.8 Å². The van der Waals surface area contributed by atoms with E-state index in [9.17, 15) is 4.79 Å². The van der Waals surface area contributed by atoms with Gasteiger partial charge < -0.3 is 0 Å². The van der Waals surface area contributed by atoms with Gasteiger partial charge in [-0.25, -0.2) is 5.01 Å². The minimum atomic E-state index is 0.0955. The van der Waals surface area contributed by atoms with Gasteiger partial charge in [0.25, 0.3) is 0 Å². The maximum absolute atomic E-state index is 10.8. The van der Waals surface area contributed by atoms with Gasteiger partial charge in [0, 0.05) is 27.1 Å². The highest BCUT2D eigenvalue weighted by molar-refractivity contribution is 5.72. The van der Waals surface area contributed by atoms with Crippen molar-refractivity contribution in [3.8, 4) is 0 Å². The summed E-state index contributed by atoms with van der Waals surface area (Å²) in [6.45, 7) is 4.61. The lowest BCUT2D eigenvalue weighted by molar-refractivity contribution is -0.139. The number of carbonyl (C=O) groups excluding carboxylic acids is 1. The quantitative estimate of drug-likeness (QED) is 0.535. The summed E-state index contributed by atoms with van der Waals surface area (Å²) in [6, 6.07) is 0. The molecule has 0 aromatic rings. The summed E-state index contributed by atoms with van der Waals surface area (Å²) in [5.41, 5.74) is 0. The maximum Gasteiger partial charge on any atom is 0.233 e. The summed E-state index contributed by atoms with van der Waals surface area (Å²) in [5.74, 6) is 0.0955. The number of carbonyl (C=O) groups is 1. The van der Waals surface area contributed by atoms with E-state index in [0.717, 1.165) is 19.4 Å². The minimum absolute atomic E-state index is 0.0955. The Hall–Kier alpha value is -0.570. The first-order chi connectivity index (χ1) is 4.72. The predicted octanol–water partition coefficient (Wildman–Crippen LogP) is 0.637. The molecule has 0 saturated carbocycles. The van der Waals surface area contributed by atoms with Gasteiger partial charge in [-0.05, 0) is 12.8 Å². The molecule has 0 aliphatic carbocycles. The molecule has 0 atom stereocenters. The highest BCUT2D eigenvalue weighted by Crippen LogP contribution is 2.13. The van der Waals surface area contributed by atoms with E-state index < -0.39 is 0 Å². The summed E-state index contributed by atoms with van der Waals surface area (Å²) in [7, 11) is 1.80. The van der Waals surface area contributed by atoms with Gasteiger partial charge in [0.1, 0.15) is 0 Å². The molecule has 0 aromatic heterocycles. The van der Waals surface area contributed by atoms with Crippen LogP contribution < -0.4 is 0 Å². The number of nitrogens with zero attached hydrogens (tertiary/aromatic N) is 2. The van der Waals surface area contributed by atoms with Gasteiger partial charge in [-0.1, -0.05) is 0 Å². The van der Waals surface area contributed by atoms with Crippen molar-refractivity contribution in [2.24, 2.45) is 0 Å². The van der Waals surface area contributed by atoms with Crippen molar-refractivity contribution in [1.82, 2.24) is 10.0 Å². The van der Waals surface area contributed by atoms with Crippen LogP contribution in [-0.2, 0) is 4.79 Å². The van der Waals surface area contributed by atoms with Crippen LogP contribution in [0.1, 0.15) is 19.8 Å². The molecular formula is C7H13N2O. The summed E-state index contributed by atoms with van der Waals surface area (Å²) in [4.78, 5) is 10.8. The van der Waals surface area contributed by atoms with Gasteiger partial charge in [0.2, 0.25) is 5.91 Å². The smallest absolute Gasteiger partial charge is 0.233 e. The topological polar surface area (TPSA) is 23.6 Å². The SMILES string of the molecule is CC(=O)N(C)N1[CH]CCC1. The zero-order chi connectivity index (χ0) is 7.56. The molecule has 0 spiro atoms. The number of amides is 1. The number of hydrogen-bond acceptors (Lipinski definition) is 2. The number of hydrogen-bond donors (Lipinski definition) is 0. The molecule has 1 amide bonds. The monoisotopic (exact) mass is 141 g/mol. The molecule has 1 aliphatic rings. The zero-order valence-corrected chi connectivity index (χ0v) is 6.50. The molecule has 1 radical (unpaired) electrons. The van der Waals surface area contributed by atoms with Gasteiger partial charge in [0.15, 0.2) is 0 Å². The fourth-order valence-electron chi connectivity index (χ4n) is 1.04. The summed E-state index contributed by atoms with van der Waals surface area (Å²) >= 11 is 0. The molecule has 57 valence electrons. The number of rotatable bonds is 1. The Kier molecular flexibility index (Phi) is 2.27. The Balaban J connectivity index is 2.39. The average molecular weight is 141 g/mol. The Bertz CT molecular complexity index is 130. The molecule has 1 rings (SSSR count). The van der Waals surface area contributed by atoms with Crippen molar-refractivity contribution in [3.05, 3.63) is 6.54 Å². The maximum atomic E-state index is 10.8. The molecule has 1 heterocycles. The van der Waals surface area contributed by atoms with Crippen molar-refractivity contribution >= 4 is 5.91 Å². The van der Waals surface area contributed by atoms with E-state index in [1.807, 2.05) is 5.01 Å². The molecule has 1 saturated heterocycles. The molecule has 0 N–H and O–H groups in total. The first-order valence-corrected chi connectivity index (χ1v) is 3.56. The van der Waals surface area contributed by atoms with E-state index in [0.29, 0.717) is 0 Å². The van der Waals surface area contributed by atoms with Crippen LogP contribution in [0.25, 0.3) is 0 Å². The van der Waals surface area contributed by atoms with Gasteiger partial charge in [0.05, 0.1) is 0 Å². The van der Waals surface area contributed by atoms with Crippen LogP contribution in [0.4, 0.5) is 0 Å². The van der Waals surface area contributed by atoms with Crippen molar-refractivity contribution < 1.29 is 4.79 Å². The Morgan fingerprint density at radius 2 is 2.40 bits per heavy atom. The highest BCUT2D eigenvalue weighted by Gasteiger charge is 2.17. The van der Waals surface area contributed by atoms with E-state index in [1.54, 1.807) is 19.0 Å². The van der Waals surface area contributed by atoms with Crippen LogP contribution in [-0.4, -0.2) is 29.5 Å². The third kappa shape index (κ3) is 1.48. The van der Waals surface area contributed by atoms with E-state index >= 15 is 0 Å². The third-order valence-electron chi connectivity index (χ3n) is 1.77. The zero-order valence-electron chi connectivity index (χ0n) is 6.50. The van der Waals surface area contributed by atoms with Gasteiger partial charge in [-0.2, -0.15) is 0 Å². The molecule has 10 heavy (non-hydrogen) atoms. The van der Waals surface area contributed by atoms with Crippen molar-refractivity contribution in [1.29, 1.82) is 0 Å². The third-order valence-corrected chi connectivity index (χ3v) is 1.77. The van der Waals surface area contributed by atoms with E-state index in [1.165, 1.54) is 0 Å². The predicted molar refractivity (Wildman–Crippen MR) is 38.7 cm³/mol. The van der Waals surface area contributed by atoms with Crippen LogP contribution in [0.2, 0.25) is 0 Å². The van der Waals surface area contributed by atoms with Gasteiger partial charge in [-0.15, -0.1) is 0 Å². The lowest BCUT2D eigenvalue weighted by atomic mass is 10.4. The fraction of sp³-hybridized carbons (Fsp3) is 0.714. The van der Waals surface area contributed by atoms with Crippen LogP contribution >= 0.6 is 0 Å². The molecular weight excluding hydrogens is 128 g/mol. The van der Waals surface area contributed by atoms with Crippen LogP contribution in [0.5, 0.6) is 0 Å². The van der Waals surface area contributed by atoms with Gasteiger partial charge >= 0.3 is 0 Å². The Morgan fingerprint density at radius 3 is 2.80 bits per heavy atom. The largest absolute Gasteiger partial charge is 0.278 e. The first kappa shape index (κ1) is 7.54. The summed E-state index contributed by atoms with van der Waals surface area (Å²) < 4.78 is 0. The second kappa shape index (κ2) is 3.01. The lowest BCUT2D eigenvalue weighted by Gasteiger charge is -2.25. The van der Waals surface area contributed by atoms with Crippen LogP contribution in [0.3, 0.4) is 0 Å². The molecule has 0 bridgehead atoms. The molecule has 0 unspecified atom stereocenters. The van der Waals surface area contributed by atoms with Crippen LogP contribution in [0, 0.1) is 6.54 Å². The van der Waals surface area contributed by atoms with Crippen molar-refractivity contribution in [2.75, 3.05) is 13.6 Å². The molecule has 3 heteroatoms. The number of hydrazine groups is 1. The van der Waals surface area contributed by atoms with E-state index in [2.05, 4.69) is 6.54 Å². The molecule has 0 aromatic carbocycles. The lowest BCUT2D eigenvalue weighted by Crippen LogP contribution is -2.38. The minimum Gasteiger partial charge on any atom is -0.278 e. The van der Waals surface area contributed by atoms with Crippen LogP contribution in [0.15, 0.2) is 0 Å². The second-order valence-corrected chi connectivity index (χ2v) is 2.53. The average Bonchev–Trinajstić information content (AvgIpc) is 2.36. The first-order valence-electron chi connectivity index (χ1n) is 3.56. The van der Waals surface area contributed by atoms with E-state index in [-0.39, 0.29) is 5.91 Å². The molecule has 3 nitrogen and oxygen atoms in total. The molecule has 1 fully saturated rings. The standard InChI is InChI=1S/C7H13N2O/c1-7(10)8(2)9-5-3-4-6-9/h5H,3-4,6H2,1-2H3. The van der Waals surface area contributed by atoms with Gasteiger partial charge in [-0.3, -0.25) is 9.80 Å².